The number of aliphatic hydroxyl groups is 3. The zero-order valence-corrected chi connectivity index (χ0v) is 48.6. The number of halogens is 1. The minimum atomic E-state index is -1.93. The van der Waals surface area contributed by atoms with Crippen molar-refractivity contribution >= 4 is 11.7 Å². The van der Waals surface area contributed by atoms with Gasteiger partial charge in [0, 0.05) is 50.4 Å². The predicted octanol–water partition coefficient (Wildman–Crippen LogP) is 5.39. The Bertz CT molecular complexity index is 2230. The summed E-state index contributed by atoms with van der Waals surface area (Å²) in [6, 6.07) is 30.0. The minimum absolute atomic E-state index is 0. The maximum Gasteiger partial charge on any atom is 0.311 e. The standard InChI is InChI=1S/C59H89N2O13.BrH/c1-15-47-59(10,65)52(62)39(4)49(60-69-36-45-29-23-18-24-30-45)37(2)32-58(9,67-14)54(40(5)50(41(6)55(64)72-47)73-48-33-57(8,66-13)53(63)42(7)71-48)74-56-51(68-35-44-27-21-17-22-28-44)46(31-38(3)70-56)61(11,12)34-43-25-19-16-20-26-43;/h16-30,37-42,46-48,50-54,56,62-63,65H,15,31-36H2,1-14H3;1H/q+1;/p-1/b60-49-;/t37-,38-,39+,40+,41-,42+,46+,47-,48+,50+,51-,52-,53+,54-,56+,57-,58-,59-;/m1./s1. The van der Waals surface area contributed by atoms with Crippen LogP contribution in [0.15, 0.2) is 96.2 Å². The molecule has 420 valence electrons. The lowest BCUT2D eigenvalue weighted by Gasteiger charge is -2.51. The molecule has 0 aromatic heterocycles. The molecule has 0 amide bonds. The zero-order chi connectivity index (χ0) is 54.2. The van der Waals surface area contributed by atoms with Gasteiger partial charge in [-0.1, -0.05) is 124 Å². The number of nitrogens with zero attached hydrogens (tertiary/aromatic N) is 2. The van der Waals surface area contributed by atoms with E-state index in [1.807, 2.05) is 94.4 Å². The van der Waals surface area contributed by atoms with Gasteiger partial charge in [-0.25, -0.2) is 0 Å². The van der Waals surface area contributed by atoms with Gasteiger partial charge in [-0.15, -0.1) is 0 Å². The van der Waals surface area contributed by atoms with E-state index in [0.717, 1.165) is 17.7 Å². The SMILES string of the molecule is CC[C@H]1OC(=O)[C@H](C)[C@@H](O[C@H]2C[C@@](C)(OC)[C@@H](O)[C@H](C)O2)[C@H](C)[C@@H](O[C@@H]2O[C@H](C)C[C@H]([N+](C)(C)Cc3ccccc3)[C@H]2OCc2ccccc2)[C@](C)(OC)C[C@@H](C)/C(=N/OCc2ccccc2)[C@H](C)[C@@H](O)[C@]1(C)O.[Br-]. The van der Waals surface area contributed by atoms with Crippen LogP contribution in [-0.4, -0.2) is 144 Å². The van der Waals surface area contributed by atoms with Gasteiger partial charge < -0.3 is 79.5 Å². The molecule has 3 aliphatic heterocycles. The molecule has 3 aliphatic rings. The topological polar surface area (TPSA) is 173 Å². The third kappa shape index (κ3) is 15.1. The molecule has 3 N–H and O–H groups in total. The van der Waals surface area contributed by atoms with Crippen molar-refractivity contribution in [3.8, 4) is 0 Å². The number of aliphatic hydroxyl groups excluding tert-OH is 2. The summed E-state index contributed by atoms with van der Waals surface area (Å²) in [4.78, 5) is 21.0. The first kappa shape index (κ1) is 62.5. The third-order valence-corrected chi connectivity index (χ3v) is 16.5. The van der Waals surface area contributed by atoms with Gasteiger partial charge in [-0.05, 0) is 65.5 Å². The molecule has 16 heteroatoms. The summed E-state index contributed by atoms with van der Waals surface area (Å²) >= 11 is 0. The lowest BCUT2D eigenvalue weighted by molar-refractivity contribution is -0.934. The number of cyclic esters (lactones) is 1. The largest absolute Gasteiger partial charge is 1.00 e. The van der Waals surface area contributed by atoms with E-state index in [0.29, 0.717) is 23.2 Å². The monoisotopic (exact) mass is 1110 g/mol. The van der Waals surface area contributed by atoms with E-state index in [2.05, 4.69) is 45.3 Å². The predicted molar refractivity (Wildman–Crippen MR) is 282 cm³/mol. The van der Waals surface area contributed by atoms with Gasteiger partial charge in [0.15, 0.2) is 18.7 Å². The number of benzene rings is 3. The van der Waals surface area contributed by atoms with Gasteiger partial charge >= 0.3 is 5.97 Å². The Morgan fingerprint density at radius 2 is 1.28 bits per heavy atom. The fourth-order valence-corrected chi connectivity index (χ4v) is 11.8. The summed E-state index contributed by atoms with van der Waals surface area (Å²) in [6.45, 7) is 19.6. The van der Waals surface area contributed by atoms with Crippen molar-refractivity contribution in [2.45, 2.75) is 199 Å². The second-order valence-electron chi connectivity index (χ2n) is 22.7. The van der Waals surface area contributed by atoms with Crippen molar-refractivity contribution in [3.05, 3.63) is 108 Å². The van der Waals surface area contributed by atoms with Gasteiger partial charge in [0.25, 0.3) is 0 Å². The van der Waals surface area contributed by atoms with Crippen LogP contribution in [0.25, 0.3) is 0 Å². The molecule has 0 bridgehead atoms. The first-order valence-corrected chi connectivity index (χ1v) is 26.7. The summed E-state index contributed by atoms with van der Waals surface area (Å²) in [5, 5.41) is 40.6. The molecular weight excluding hydrogens is 1020 g/mol. The number of carbonyl (C=O) groups is 1. The maximum atomic E-state index is 14.9. The molecule has 0 spiro atoms. The number of esters is 1. The highest BCUT2D eigenvalue weighted by molar-refractivity contribution is 5.88. The quantitative estimate of drug-likeness (QED) is 0.0949. The van der Waals surface area contributed by atoms with Crippen molar-refractivity contribution in [3.63, 3.8) is 0 Å². The van der Waals surface area contributed by atoms with Gasteiger partial charge in [-0.3, -0.25) is 4.79 Å². The third-order valence-electron chi connectivity index (χ3n) is 16.5. The van der Waals surface area contributed by atoms with Crippen molar-refractivity contribution < 1.29 is 84.3 Å². The molecule has 18 atom stereocenters. The van der Waals surface area contributed by atoms with E-state index in [-0.39, 0.29) is 55.0 Å². The van der Waals surface area contributed by atoms with Crippen LogP contribution in [-0.2, 0) is 67.3 Å². The molecule has 15 nitrogen and oxygen atoms in total. The highest BCUT2D eigenvalue weighted by atomic mass is 79.9. The average Bonchev–Trinajstić information content (AvgIpc) is 3.38. The Kier molecular flexibility index (Phi) is 22.5. The Labute approximate surface area is 457 Å². The fraction of sp³-hybridized carbons (Fsp3) is 0.661. The van der Waals surface area contributed by atoms with Crippen molar-refractivity contribution in [2.24, 2.45) is 28.8 Å². The number of ether oxygens (including phenoxy) is 8. The molecule has 0 saturated carbocycles. The van der Waals surface area contributed by atoms with Gasteiger partial charge in [0.2, 0.25) is 0 Å². The average molecular weight is 1110 g/mol. The smallest absolute Gasteiger partial charge is 0.311 e. The number of rotatable bonds is 16. The number of carbonyl (C=O) groups excluding carboxylic acids is 1. The van der Waals surface area contributed by atoms with E-state index < -0.39 is 102 Å². The molecular formula is C59H89BrN2O13. The molecule has 3 heterocycles. The van der Waals surface area contributed by atoms with Crippen LogP contribution in [0.2, 0.25) is 0 Å². The summed E-state index contributed by atoms with van der Waals surface area (Å²) < 4.78 is 54.7. The number of methoxy groups -OCH3 is 2. The molecule has 3 aromatic carbocycles. The zero-order valence-electron chi connectivity index (χ0n) is 47.0. The van der Waals surface area contributed by atoms with Crippen LogP contribution in [0.4, 0.5) is 0 Å². The highest BCUT2D eigenvalue weighted by Crippen LogP contribution is 2.43. The van der Waals surface area contributed by atoms with Crippen LogP contribution >= 0.6 is 0 Å². The molecule has 0 aliphatic carbocycles. The van der Waals surface area contributed by atoms with Crippen LogP contribution in [0, 0.1) is 23.7 Å². The first-order chi connectivity index (χ1) is 35.0. The lowest BCUT2D eigenvalue weighted by Crippen LogP contribution is -3.00. The number of likely N-dealkylation sites (N-methyl/N-ethyl adjacent to an activating group) is 1. The van der Waals surface area contributed by atoms with E-state index in [1.54, 1.807) is 41.9 Å². The minimum Gasteiger partial charge on any atom is -1.00 e. The van der Waals surface area contributed by atoms with Crippen LogP contribution in [0.3, 0.4) is 0 Å². The van der Waals surface area contributed by atoms with Crippen molar-refractivity contribution in [2.75, 3.05) is 28.3 Å². The molecule has 3 aromatic rings. The second kappa shape index (κ2) is 27.0. The molecule has 6 rings (SSSR count). The Balaban J connectivity index is 0.0000104. The Hall–Kier alpha value is -3.36. The van der Waals surface area contributed by atoms with E-state index >= 15 is 0 Å². The molecule has 3 saturated heterocycles. The summed E-state index contributed by atoms with van der Waals surface area (Å²) in [7, 11) is 7.63. The second-order valence-corrected chi connectivity index (χ2v) is 22.7. The molecule has 3 fully saturated rings. The van der Waals surface area contributed by atoms with Gasteiger partial charge in [0.1, 0.15) is 37.0 Å². The normalized spacial score (nSPS) is 38.0. The van der Waals surface area contributed by atoms with Crippen LogP contribution in [0.1, 0.15) is 112 Å². The Morgan fingerprint density at radius 1 is 0.720 bits per heavy atom. The van der Waals surface area contributed by atoms with E-state index in [4.69, 9.17) is 47.9 Å². The maximum absolute atomic E-state index is 14.9. The van der Waals surface area contributed by atoms with Crippen LogP contribution in [0.5, 0.6) is 0 Å². The van der Waals surface area contributed by atoms with E-state index in [9.17, 15) is 20.1 Å². The van der Waals surface area contributed by atoms with Crippen molar-refractivity contribution in [1.82, 2.24) is 0 Å². The number of hydrogen-bond donors (Lipinski definition) is 3. The fourth-order valence-electron chi connectivity index (χ4n) is 11.8. The summed E-state index contributed by atoms with van der Waals surface area (Å²) in [5.74, 6) is -3.63. The van der Waals surface area contributed by atoms with Gasteiger partial charge in [0.05, 0.1) is 74.1 Å². The molecule has 0 radical (unpaired) electrons. The van der Waals surface area contributed by atoms with Crippen LogP contribution < -0.4 is 17.0 Å². The van der Waals surface area contributed by atoms with Gasteiger partial charge in [-0.2, -0.15) is 0 Å². The summed E-state index contributed by atoms with van der Waals surface area (Å²) in [6.07, 6.45) is -7.69. The highest BCUT2D eigenvalue weighted by Gasteiger charge is 2.55. The lowest BCUT2D eigenvalue weighted by atomic mass is 9.73. The Morgan fingerprint density at radius 3 is 1.84 bits per heavy atom. The van der Waals surface area contributed by atoms with Crippen molar-refractivity contribution in [1.29, 1.82) is 0 Å². The number of hydrogen-bond acceptors (Lipinski definition) is 14. The summed E-state index contributed by atoms with van der Waals surface area (Å²) in [5.41, 5.74) is -0.645. The number of quaternary nitrogens is 1. The number of oxime groups is 1. The first-order valence-electron chi connectivity index (χ1n) is 26.7. The molecule has 0 unspecified atom stereocenters. The molecule has 75 heavy (non-hydrogen) atoms. The van der Waals surface area contributed by atoms with E-state index in [1.165, 1.54) is 12.5 Å².